The SMILES string of the molecule is COCn1c(C(=O)Nc2ccc(Cl)cc2)cc2cc(NC(=O)c3cc(CNC(=O)C(C)C)ccc3Cl)ccc21. The van der Waals surface area contributed by atoms with E-state index in [-0.39, 0.29) is 36.6 Å². The molecule has 8 nitrogen and oxygen atoms in total. The lowest BCUT2D eigenvalue weighted by Gasteiger charge is -2.12. The molecule has 4 aromatic rings. The van der Waals surface area contributed by atoms with E-state index < -0.39 is 5.91 Å². The highest BCUT2D eigenvalue weighted by molar-refractivity contribution is 6.34. The number of benzene rings is 3. The topological polar surface area (TPSA) is 101 Å². The van der Waals surface area contributed by atoms with Crippen molar-refractivity contribution >= 4 is 63.2 Å². The Balaban J connectivity index is 1.55. The Morgan fingerprint density at radius 2 is 1.56 bits per heavy atom. The number of hydrogen-bond donors (Lipinski definition) is 3. The molecule has 0 aliphatic heterocycles. The fourth-order valence-electron chi connectivity index (χ4n) is 3.98. The second kappa shape index (κ2) is 12.3. The molecule has 0 atom stereocenters. The third-order valence-corrected chi connectivity index (χ3v) is 6.60. The molecule has 202 valence electrons. The Morgan fingerprint density at radius 1 is 0.872 bits per heavy atom. The molecule has 1 heterocycles. The number of nitrogens with one attached hydrogen (secondary N) is 3. The molecule has 0 radical (unpaired) electrons. The highest BCUT2D eigenvalue weighted by atomic mass is 35.5. The number of carbonyl (C=O) groups excluding carboxylic acids is 3. The molecular weight excluding hydrogens is 539 g/mol. The van der Waals surface area contributed by atoms with Gasteiger partial charge in [-0.1, -0.05) is 43.1 Å². The lowest BCUT2D eigenvalue weighted by atomic mass is 10.1. The fraction of sp³-hybridized carbons (Fsp3) is 0.207. The van der Waals surface area contributed by atoms with Gasteiger partial charge >= 0.3 is 0 Å². The molecule has 3 N–H and O–H groups in total. The fourth-order valence-corrected chi connectivity index (χ4v) is 4.31. The minimum absolute atomic E-state index is 0.0779. The minimum Gasteiger partial charge on any atom is -0.364 e. The van der Waals surface area contributed by atoms with Crippen LogP contribution in [-0.4, -0.2) is 29.4 Å². The van der Waals surface area contributed by atoms with Crippen LogP contribution in [0.25, 0.3) is 10.9 Å². The summed E-state index contributed by atoms with van der Waals surface area (Å²) in [4.78, 5) is 38.1. The molecule has 0 saturated heterocycles. The van der Waals surface area contributed by atoms with Crippen LogP contribution in [0.15, 0.2) is 66.7 Å². The van der Waals surface area contributed by atoms with Crippen LogP contribution in [-0.2, 0) is 22.8 Å². The number of methoxy groups -OCH3 is 1. The third-order valence-electron chi connectivity index (χ3n) is 6.02. The number of rotatable bonds is 9. The van der Waals surface area contributed by atoms with E-state index in [1.165, 1.54) is 0 Å². The molecule has 0 fully saturated rings. The zero-order valence-electron chi connectivity index (χ0n) is 21.7. The van der Waals surface area contributed by atoms with Gasteiger partial charge in [0.25, 0.3) is 11.8 Å². The number of ether oxygens (including phenoxy) is 1. The number of aromatic nitrogens is 1. The average molecular weight is 567 g/mol. The molecule has 10 heteroatoms. The molecule has 0 unspecified atom stereocenters. The molecule has 0 saturated carbocycles. The van der Waals surface area contributed by atoms with Crippen molar-refractivity contribution in [2.24, 2.45) is 5.92 Å². The number of carbonyl (C=O) groups is 3. The first-order valence-corrected chi connectivity index (χ1v) is 13.0. The van der Waals surface area contributed by atoms with Crippen LogP contribution >= 0.6 is 23.2 Å². The van der Waals surface area contributed by atoms with E-state index in [1.807, 2.05) is 19.9 Å². The highest BCUT2D eigenvalue weighted by Gasteiger charge is 2.18. The maximum Gasteiger partial charge on any atom is 0.272 e. The van der Waals surface area contributed by atoms with E-state index in [1.54, 1.807) is 72.3 Å². The molecule has 0 aliphatic carbocycles. The second-order valence-electron chi connectivity index (χ2n) is 9.25. The summed E-state index contributed by atoms with van der Waals surface area (Å²) in [5, 5.41) is 10.2. The smallest absolute Gasteiger partial charge is 0.272 e. The average Bonchev–Trinajstić information content (AvgIpc) is 3.27. The van der Waals surface area contributed by atoms with E-state index >= 15 is 0 Å². The zero-order valence-corrected chi connectivity index (χ0v) is 23.2. The van der Waals surface area contributed by atoms with Crippen molar-refractivity contribution in [2.75, 3.05) is 17.7 Å². The Kier molecular flexibility index (Phi) is 8.91. The number of halogens is 2. The Labute approximate surface area is 236 Å². The van der Waals surface area contributed by atoms with Crippen molar-refractivity contribution in [3.8, 4) is 0 Å². The molecule has 39 heavy (non-hydrogen) atoms. The van der Waals surface area contributed by atoms with Gasteiger partial charge in [-0.25, -0.2) is 0 Å². The van der Waals surface area contributed by atoms with E-state index in [0.29, 0.717) is 27.1 Å². The summed E-state index contributed by atoms with van der Waals surface area (Å²) in [6.45, 7) is 4.07. The van der Waals surface area contributed by atoms with Gasteiger partial charge in [-0.05, 0) is 66.2 Å². The maximum absolute atomic E-state index is 13.1. The number of fused-ring (bicyclic) bond motifs is 1. The number of hydrogen-bond acceptors (Lipinski definition) is 4. The van der Waals surface area contributed by atoms with Crippen molar-refractivity contribution in [3.05, 3.63) is 93.6 Å². The molecule has 3 aromatic carbocycles. The van der Waals surface area contributed by atoms with Crippen LogP contribution in [0.2, 0.25) is 10.0 Å². The van der Waals surface area contributed by atoms with Gasteiger partial charge in [0, 0.05) is 41.4 Å². The van der Waals surface area contributed by atoms with Crippen molar-refractivity contribution in [3.63, 3.8) is 0 Å². The Bertz CT molecular complexity index is 1530. The van der Waals surface area contributed by atoms with Gasteiger partial charge in [0.2, 0.25) is 5.91 Å². The summed E-state index contributed by atoms with van der Waals surface area (Å²) in [5.41, 5.74) is 3.33. The molecule has 3 amide bonds. The molecule has 1 aromatic heterocycles. The van der Waals surface area contributed by atoms with Crippen molar-refractivity contribution in [2.45, 2.75) is 27.1 Å². The van der Waals surface area contributed by atoms with E-state index in [2.05, 4.69) is 16.0 Å². The van der Waals surface area contributed by atoms with Crippen LogP contribution < -0.4 is 16.0 Å². The zero-order chi connectivity index (χ0) is 28.1. The van der Waals surface area contributed by atoms with E-state index in [9.17, 15) is 14.4 Å². The lowest BCUT2D eigenvalue weighted by Crippen LogP contribution is -2.27. The quantitative estimate of drug-likeness (QED) is 0.220. The first-order valence-electron chi connectivity index (χ1n) is 12.2. The van der Waals surface area contributed by atoms with Crippen molar-refractivity contribution in [1.29, 1.82) is 0 Å². The van der Waals surface area contributed by atoms with Crippen molar-refractivity contribution < 1.29 is 19.1 Å². The van der Waals surface area contributed by atoms with Crippen LogP contribution in [0.3, 0.4) is 0 Å². The molecule has 0 bridgehead atoms. The van der Waals surface area contributed by atoms with Gasteiger partial charge in [0.1, 0.15) is 12.4 Å². The van der Waals surface area contributed by atoms with Crippen LogP contribution in [0.5, 0.6) is 0 Å². The first kappa shape index (κ1) is 28.2. The van der Waals surface area contributed by atoms with E-state index in [0.717, 1.165) is 16.5 Å². The predicted molar refractivity (Wildman–Crippen MR) is 154 cm³/mol. The Hall–Kier alpha value is -3.85. The Morgan fingerprint density at radius 3 is 2.26 bits per heavy atom. The summed E-state index contributed by atoms with van der Waals surface area (Å²) in [6.07, 6.45) is 0. The highest BCUT2D eigenvalue weighted by Crippen LogP contribution is 2.26. The summed E-state index contributed by atoms with van der Waals surface area (Å²) in [6, 6.07) is 18.9. The van der Waals surface area contributed by atoms with Gasteiger partial charge in [0.05, 0.1) is 16.1 Å². The monoisotopic (exact) mass is 566 g/mol. The molecule has 0 aliphatic rings. The predicted octanol–water partition coefficient (Wildman–Crippen LogP) is 6.33. The van der Waals surface area contributed by atoms with E-state index in [4.69, 9.17) is 27.9 Å². The normalized spacial score (nSPS) is 11.0. The maximum atomic E-state index is 13.1. The van der Waals surface area contributed by atoms with Crippen LogP contribution in [0.1, 0.15) is 40.3 Å². The van der Waals surface area contributed by atoms with Gasteiger partial charge in [0.15, 0.2) is 0 Å². The second-order valence-corrected chi connectivity index (χ2v) is 10.1. The van der Waals surface area contributed by atoms with Gasteiger partial charge < -0.3 is 25.3 Å². The van der Waals surface area contributed by atoms with Gasteiger partial charge in [-0.3, -0.25) is 14.4 Å². The third kappa shape index (κ3) is 6.78. The van der Waals surface area contributed by atoms with Crippen LogP contribution in [0.4, 0.5) is 11.4 Å². The first-order chi connectivity index (χ1) is 18.7. The minimum atomic E-state index is -0.395. The number of anilines is 2. The summed E-state index contributed by atoms with van der Waals surface area (Å²) in [7, 11) is 1.55. The summed E-state index contributed by atoms with van der Waals surface area (Å²) < 4.78 is 7.08. The summed E-state index contributed by atoms with van der Waals surface area (Å²) in [5.74, 6) is -0.929. The molecule has 4 rings (SSSR count). The van der Waals surface area contributed by atoms with Gasteiger partial charge in [-0.2, -0.15) is 0 Å². The number of amides is 3. The summed E-state index contributed by atoms with van der Waals surface area (Å²) >= 11 is 12.3. The molecular formula is C29H28Cl2N4O4. The van der Waals surface area contributed by atoms with Crippen molar-refractivity contribution in [1.82, 2.24) is 9.88 Å². The largest absolute Gasteiger partial charge is 0.364 e. The van der Waals surface area contributed by atoms with Crippen LogP contribution in [0, 0.1) is 5.92 Å². The number of nitrogens with zero attached hydrogens (tertiary/aromatic N) is 1. The lowest BCUT2D eigenvalue weighted by molar-refractivity contribution is -0.124. The molecule has 0 spiro atoms. The van der Waals surface area contributed by atoms with Gasteiger partial charge in [-0.15, -0.1) is 0 Å². The standard InChI is InChI=1S/C29H28Cl2N4O4/c1-17(2)27(36)32-15-18-4-10-24(31)23(12-18)28(37)34-22-9-11-25-19(13-22)14-26(35(25)16-39-3)29(38)33-21-7-5-20(30)6-8-21/h4-14,17H,15-16H2,1-3H3,(H,32,36)(H,33,38)(H,34,37).